The van der Waals surface area contributed by atoms with Crippen LogP contribution in [0.4, 0.5) is 4.39 Å². The van der Waals surface area contributed by atoms with Crippen molar-refractivity contribution in [2.24, 2.45) is 4.99 Å². The number of hydrogen-bond donors (Lipinski definition) is 2. The third kappa shape index (κ3) is 6.76. The van der Waals surface area contributed by atoms with E-state index in [9.17, 15) is 12.8 Å². The van der Waals surface area contributed by atoms with E-state index >= 15 is 0 Å². The standard InChI is InChI=1S/C19H24FN3O2S.HI/c1-13-5-6-16(10-17(13)20)12-23-19(21-3)22-11-15-7-8-18(14(2)9-15)26(4,24)25;/h5-10H,11-12H2,1-4H3,(H2,21,22,23);1H. The molecule has 8 heteroatoms. The van der Waals surface area contributed by atoms with Gasteiger partial charge < -0.3 is 10.6 Å². The first kappa shape index (κ1) is 23.4. The highest BCUT2D eigenvalue weighted by Gasteiger charge is 2.11. The van der Waals surface area contributed by atoms with Gasteiger partial charge in [0.25, 0.3) is 0 Å². The van der Waals surface area contributed by atoms with Gasteiger partial charge in [0.1, 0.15) is 5.82 Å². The van der Waals surface area contributed by atoms with Crippen molar-refractivity contribution in [1.82, 2.24) is 10.6 Å². The minimum Gasteiger partial charge on any atom is -0.352 e. The number of halogens is 2. The van der Waals surface area contributed by atoms with Crippen molar-refractivity contribution in [1.29, 1.82) is 0 Å². The van der Waals surface area contributed by atoms with Crippen molar-refractivity contribution in [2.75, 3.05) is 13.3 Å². The molecule has 0 saturated carbocycles. The van der Waals surface area contributed by atoms with E-state index in [1.54, 1.807) is 39.1 Å². The Balaban J connectivity index is 0.00000364. The molecule has 0 aliphatic carbocycles. The van der Waals surface area contributed by atoms with E-state index in [2.05, 4.69) is 15.6 Å². The largest absolute Gasteiger partial charge is 0.352 e. The molecule has 2 N–H and O–H groups in total. The first-order valence-electron chi connectivity index (χ1n) is 8.20. The van der Waals surface area contributed by atoms with Gasteiger partial charge in [-0.2, -0.15) is 0 Å². The molecule has 0 saturated heterocycles. The van der Waals surface area contributed by atoms with Gasteiger partial charge in [-0.3, -0.25) is 4.99 Å². The van der Waals surface area contributed by atoms with Gasteiger partial charge in [-0.1, -0.05) is 24.3 Å². The smallest absolute Gasteiger partial charge is 0.191 e. The van der Waals surface area contributed by atoms with Crippen molar-refractivity contribution in [3.05, 3.63) is 64.5 Å². The van der Waals surface area contributed by atoms with Crippen LogP contribution in [-0.2, 0) is 22.9 Å². The van der Waals surface area contributed by atoms with Crippen LogP contribution in [0, 0.1) is 19.7 Å². The van der Waals surface area contributed by atoms with Crippen LogP contribution in [0.1, 0.15) is 22.3 Å². The van der Waals surface area contributed by atoms with Gasteiger partial charge >= 0.3 is 0 Å². The second kappa shape index (κ2) is 10.0. The number of benzene rings is 2. The summed E-state index contributed by atoms with van der Waals surface area (Å²) >= 11 is 0. The summed E-state index contributed by atoms with van der Waals surface area (Å²) in [4.78, 5) is 4.48. The number of hydrogen-bond acceptors (Lipinski definition) is 3. The lowest BCUT2D eigenvalue weighted by molar-refractivity contribution is 0.601. The fourth-order valence-corrected chi connectivity index (χ4v) is 3.54. The Bertz CT molecular complexity index is 931. The van der Waals surface area contributed by atoms with E-state index in [1.165, 1.54) is 12.3 Å². The molecule has 27 heavy (non-hydrogen) atoms. The van der Waals surface area contributed by atoms with Crippen LogP contribution in [0.25, 0.3) is 0 Å². The van der Waals surface area contributed by atoms with E-state index in [0.29, 0.717) is 35.1 Å². The van der Waals surface area contributed by atoms with Crippen LogP contribution >= 0.6 is 24.0 Å². The molecule has 2 aromatic rings. The number of rotatable bonds is 5. The summed E-state index contributed by atoms with van der Waals surface area (Å²) in [5.41, 5.74) is 3.10. The molecule has 0 aromatic heterocycles. The molecule has 0 aliphatic rings. The molecule has 0 unspecified atom stereocenters. The van der Waals surface area contributed by atoms with E-state index < -0.39 is 9.84 Å². The molecule has 0 aliphatic heterocycles. The summed E-state index contributed by atoms with van der Waals surface area (Å²) in [5.74, 6) is 0.351. The SMILES string of the molecule is CN=C(NCc1ccc(S(C)(=O)=O)c(C)c1)NCc1ccc(C)c(F)c1.I. The molecule has 0 radical (unpaired) electrons. The second-order valence-corrected chi connectivity index (χ2v) is 8.22. The average Bonchev–Trinajstić information content (AvgIpc) is 2.57. The van der Waals surface area contributed by atoms with Crippen molar-refractivity contribution in [2.45, 2.75) is 31.8 Å². The molecule has 148 valence electrons. The summed E-state index contributed by atoms with van der Waals surface area (Å²) in [6.07, 6.45) is 1.20. The van der Waals surface area contributed by atoms with E-state index in [0.717, 1.165) is 11.1 Å². The predicted octanol–water partition coefficient (Wildman–Crippen LogP) is 3.33. The Morgan fingerprint density at radius 3 is 2.04 bits per heavy atom. The van der Waals surface area contributed by atoms with Crippen LogP contribution < -0.4 is 10.6 Å². The molecular weight excluding hydrogens is 480 g/mol. The number of nitrogens with one attached hydrogen (secondary N) is 2. The fourth-order valence-electron chi connectivity index (χ4n) is 2.58. The second-order valence-electron chi connectivity index (χ2n) is 6.23. The maximum Gasteiger partial charge on any atom is 0.191 e. The van der Waals surface area contributed by atoms with Gasteiger partial charge in [-0.25, -0.2) is 12.8 Å². The molecule has 0 heterocycles. The van der Waals surface area contributed by atoms with Gasteiger partial charge in [-0.15, -0.1) is 24.0 Å². The summed E-state index contributed by atoms with van der Waals surface area (Å²) < 4.78 is 36.9. The summed E-state index contributed by atoms with van der Waals surface area (Å²) in [5, 5.41) is 6.29. The van der Waals surface area contributed by atoms with Crippen molar-refractivity contribution < 1.29 is 12.8 Å². The molecule has 2 rings (SSSR count). The quantitative estimate of drug-likeness (QED) is 0.372. The summed E-state index contributed by atoms with van der Waals surface area (Å²) in [6, 6.07) is 10.3. The van der Waals surface area contributed by atoms with E-state index in [1.807, 2.05) is 12.1 Å². The number of guanidine groups is 1. The number of aryl methyl sites for hydroxylation is 2. The van der Waals surface area contributed by atoms with Gasteiger partial charge in [-0.05, 0) is 48.2 Å². The maximum absolute atomic E-state index is 13.6. The van der Waals surface area contributed by atoms with Gasteiger partial charge in [0.2, 0.25) is 0 Å². The lowest BCUT2D eigenvalue weighted by atomic mass is 10.1. The highest BCUT2D eigenvalue weighted by Crippen LogP contribution is 2.16. The maximum atomic E-state index is 13.6. The van der Waals surface area contributed by atoms with Crippen molar-refractivity contribution in [3.63, 3.8) is 0 Å². The fraction of sp³-hybridized carbons (Fsp3) is 0.316. The van der Waals surface area contributed by atoms with Crippen molar-refractivity contribution in [3.8, 4) is 0 Å². The molecule has 0 spiro atoms. The third-order valence-electron chi connectivity index (χ3n) is 4.02. The highest BCUT2D eigenvalue weighted by molar-refractivity contribution is 14.0. The zero-order valence-corrected chi connectivity index (χ0v) is 19.0. The number of sulfone groups is 1. The minimum atomic E-state index is -3.22. The Morgan fingerprint density at radius 1 is 1.00 bits per heavy atom. The Morgan fingerprint density at radius 2 is 1.56 bits per heavy atom. The monoisotopic (exact) mass is 505 g/mol. The highest BCUT2D eigenvalue weighted by atomic mass is 127. The predicted molar refractivity (Wildman–Crippen MR) is 118 cm³/mol. The zero-order chi connectivity index (χ0) is 19.3. The van der Waals surface area contributed by atoms with Crippen molar-refractivity contribution >= 4 is 39.8 Å². The molecular formula is C19H25FIN3O2S. The third-order valence-corrected chi connectivity index (χ3v) is 5.28. The first-order valence-corrected chi connectivity index (χ1v) is 10.1. The average molecular weight is 505 g/mol. The number of aliphatic imine (C=N–C) groups is 1. The summed E-state index contributed by atoms with van der Waals surface area (Å²) in [7, 11) is -1.56. The van der Waals surface area contributed by atoms with Crippen LogP contribution in [0.5, 0.6) is 0 Å². The molecule has 0 amide bonds. The van der Waals surface area contributed by atoms with Crippen LogP contribution in [0.2, 0.25) is 0 Å². The normalized spacial score (nSPS) is 11.7. The zero-order valence-electron chi connectivity index (χ0n) is 15.8. The molecule has 2 aromatic carbocycles. The lowest BCUT2D eigenvalue weighted by Gasteiger charge is -2.13. The lowest BCUT2D eigenvalue weighted by Crippen LogP contribution is -2.36. The summed E-state index contributed by atoms with van der Waals surface area (Å²) in [6.45, 7) is 4.44. The van der Waals surface area contributed by atoms with E-state index in [-0.39, 0.29) is 29.8 Å². The Labute approximate surface area is 177 Å². The van der Waals surface area contributed by atoms with Gasteiger partial charge in [0.15, 0.2) is 15.8 Å². The van der Waals surface area contributed by atoms with Gasteiger partial charge in [0, 0.05) is 26.4 Å². The number of nitrogens with zero attached hydrogens (tertiary/aromatic N) is 1. The molecule has 0 atom stereocenters. The Kier molecular flexibility index (Phi) is 8.67. The van der Waals surface area contributed by atoms with Crippen LogP contribution in [-0.4, -0.2) is 27.7 Å². The van der Waals surface area contributed by atoms with Gasteiger partial charge in [0.05, 0.1) is 4.90 Å². The van der Waals surface area contributed by atoms with Crippen LogP contribution in [0.15, 0.2) is 46.3 Å². The van der Waals surface area contributed by atoms with E-state index in [4.69, 9.17) is 0 Å². The topological polar surface area (TPSA) is 70.6 Å². The molecule has 0 bridgehead atoms. The van der Waals surface area contributed by atoms with Crippen LogP contribution in [0.3, 0.4) is 0 Å². The first-order chi connectivity index (χ1) is 12.2. The Hall–Kier alpha value is -1.68. The molecule has 5 nitrogen and oxygen atoms in total. The molecule has 0 fully saturated rings. The minimum absolute atomic E-state index is 0.